The smallest absolute Gasteiger partial charge is 0.319 e. The minimum atomic E-state index is -0.341. The molecule has 6 nitrogen and oxygen atoms in total. The molecule has 2 rings (SSSR count). The summed E-state index contributed by atoms with van der Waals surface area (Å²) in [6.45, 7) is 1.51. The summed E-state index contributed by atoms with van der Waals surface area (Å²) in [7, 11) is 5.54. The van der Waals surface area contributed by atoms with Crippen molar-refractivity contribution in [2.45, 2.75) is 6.42 Å². The number of hydrogen-bond donors (Lipinski definition) is 3. The molecule has 0 saturated carbocycles. The predicted molar refractivity (Wildman–Crippen MR) is 101 cm³/mol. The number of carbonyl (C=O) groups is 2. The van der Waals surface area contributed by atoms with Crippen molar-refractivity contribution in [3.8, 4) is 10.4 Å². The molecule has 2 aromatic heterocycles. The van der Waals surface area contributed by atoms with Crippen LogP contribution in [0.3, 0.4) is 0 Å². The average molecular weight is 367 g/mol. The Bertz CT molecular complexity index is 680. The largest absolute Gasteiger partial charge is 0.351 e. The minimum absolute atomic E-state index is 0.161. The molecule has 0 aromatic carbocycles. The van der Waals surface area contributed by atoms with Crippen molar-refractivity contribution in [1.29, 1.82) is 0 Å². The van der Waals surface area contributed by atoms with Crippen LogP contribution in [0, 0.1) is 0 Å². The van der Waals surface area contributed by atoms with E-state index < -0.39 is 0 Å². The van der Waals surface area contributed by atoms with Crippen molar-refractivity contribution in [3.63, 3.8) is 0 Å². The highest BCUT2D eigenvalue weighted by atomic mass is 32.1. The quantitative estimate of drug-likeness (QED) is 0.660. The highest BCUT2D eigenvalue weighted by Crippen LogP contribution is 2.35. The van der Waals surface area contributed by atoms with Gasteiger partial charge in [0.25, 0.3) is 5.91 Å². The first kappa shape index (κ1) is 18.4. The molecule has 3 amide bonds. The summed E-state index contributed by atoms with van der Waals surface area (Å²) in [5, 5.41) is 12.2. The van der Waals surface area contributed by atoms with Gasteiger partial charge < -0.3 is 20.9 Å². The van der Waals surface area contributed by atoms with Gasteiger partial charge in [0.05, 0.1) is 5.69 Å². The molecule has 24 heavy (non-hydrogen) atoms. The first-order chi connectivity index (χ1) is 11.5. The average Bonchev–Trinajstić information content (AvgIpc) is 3.20. The molecule has 0 saturated heterocycles. The Morgan fingerprint density at radius 1 is 1.29 bits per heavy atom. The molecule has 130 valence electrons. The monoisotopic (exact) mass is 366 g/mol. The number of carbonyl (C=O) groups excluding carboxylic acids is 2. The van der Waals surface area contributed by atoms with Crippen molar-refractivity contribution < 1.29 is 9.59 Å². The summed E-state index contributed by atoms with van der Waals surface area (Å²) in [6.07, 6.45) is 0.875. The number of anilines is 1. The van der Waals surface area contributed by atoms with Gasteiger partial charge in [-0.25, -0.2) is 4.79 Å². The van der Waals surface area contributed by atoms with E-state index in [0.29, 0.717) is 17.1 Å². The van der Waals surface area contributed by atoms with Crippen LogP contribution >= 0.6 is 22.7 Å². The van der Waals surface area contributed by atoms with Crippen molar-refractivity contribution in [2.24, 2.45) is 0 Å². The second-order valence-electron chi connectivity index (χ2n) is 5.48. The van der Waals surface area contributed by atoms with E-state index in [1.807, 2.05) is 37.0 Å². The van der Waals surface area contributed by atoms with Gasteiger partial charge in [0.2, 0.25) is 0 Å². The summed E-state index contributed by atoms with van der Waals surface area (Å²) < 4.78 is 0. The molecule has 0 radical (unpaired) electrons. The van der Waals surface area contributed by atoms with E-state index in [4.69, 9.17) is 0 Å². The third-order valence-corrected chi connectivity index (χ3v) is 5.15. The van der Waals surface area contributed by atoms with E-state index in [1.165, 1.54) is 11.3 Å². The summed E-state index contributed by atoms with van der Waals surface area (Å²) in [4.78, 5) is 27.7. The van der Waals surface area contributed by atoms with Crippen LogP contribution in [0.15, 0.2) is 22.9 Å². The zero-order chi connectivity index (χ0) is 17.5. The molecular weight excluding hydrogens is 344 g/mol. The molecule has 0 aliphatic rings. The zero-order valence-corrected chi connectivity index (χ0v) is 15.6. The lowest BCUT2D eigenvalue weighted by Gasteiger charge is -2.10. The number of hydrogen-bond acceptors (Lipinski definition) is 5. The Hall–Kier alpha value is -1.90. The van der Waals surface area contributed by atoms with Crippen LogP contribution in [0.4, 0.5) is 10.5 Å². The molecule has 3 N–H and O–H groups in total. The van der Waals surface area contributed by atoms with Crippen LogP contribution in [-0.4, -0.2) is 51.1 Å². The molecule has 2 aromatic rings. The van der Waals surface area contributed by atoms with E-state index >= 15 is 0 Å². The van der Waals surface area contributed by atoms with Crippen LogP contribution in [-0.2, 0) is 0 Å². The van der Waals surface area contributed by atoms with Gasteiger partial charge in [0.15, 0.2) is 0 Å². The fraction of sp³-hybridized carbons (Fsp3) is 0.375. The second kappa shape index (κ2) is 8.81. The summed E-state index contributed by atoms with van der Waals surface area (Å²) >= 11 is 2.98. The van der Waals surface area contributed by atoms with Crippen LogP contribution in [0.2, 0.25) is 0 Å². The molecule has 0 spiro atoms. The van der Waals surface area contributed by atoms with E-state index in [2.05, 4.69) is 20.9 Å². The molecule has 0 fully saturated rings. The Labute approximate surface area is 149 Å². The van der Waals surface area contributed by atoms with E-state index in [0.717, 1.165) is 23.4 Å². The normalized spacial score (nSPS) is 10.7. The number of amides is 3. The van der Waals surface area contributed by atoms with Crippen molar-refractivity contribution in [1.82, 2.24) is 15.5 Å². The Balaban J connectivity index is 2.13. The zero-order valence-electron chi connectivity index (χ0n) is 14.0. The van der Waals surface area contributed by atoms with Gasteiger partial charge in [0, 0.05) is 24.0 Å². The van der Waals surface area contributed by atoms with Crippen LogP contribution in [0.1, 0.15) is 16.1 Å². The predicted octanol–water partition coefficient (Wildman–Crippen LogP) is 2.91. The van der Waals surface area contributed by atoms with Crippen LogP contribution < -0.4 is 16.0 Å². The maximum Gasteiger partial charge on any atom is 0.319 e. The van der Waals surface area contributed by atoms with Gasteiger partial charge in [-0.15, -0.1) is 11.3 Å². The summed E-state index contributed by atoms with van der Waals surface area (Å²) in [5.74, 6) is -0.161. The first-order valence-corrected chi connectivity index (χ1v) is 9.35. The first-order valence-electron chi connectivity index (χ1n) is 7.59. The molecule has 0 unspecified atom stereocenters. The Kier molecular flexibility index (Phi) is 6.77. The fourth-order valence-electron chi connectivity index (χ4n) is 2.06. The highest BCUT2D eigenvalue weighted by molar-refractivity contribution is 7.18. The Morgan fingerprint density at radius 3 is 2.71 bits per heavy atom. The lowest BCUT2D eigenvalue weighted by Crippen LogP contribution is -2.29. The molecular formula is C16H22N4O2S2. The van der Waals surface area contributed by atoms with Gasteiger partial charge >= 0.3 is 6.03 Å². The summed E-state index contributed by atoms with van der Waals surface area (Å²) in [5.41, 5.74) is 1.59. The molecule has 8 heteroatoms. The second-order valence-corrected chi connectivity index (χ2v) is 7.31. The third kappa shape index (κ3) is 5.05. The van der Waals surface area contributed by atoms with Crippen LogP contribution in [0.5, 0.6) is 0 Å². The lowest BCUT2D eigenvalue weighted by molar-refractivity contribution is 0.0957. The van der Waals surface area contributed by atoms with E-state index in [9.17, 15) is 9.59 Å². The molecule has 0 atom stereocenters. The van der Waals surface area contributed by atoms with E-state index in [1.54, 1.807) is 18.4 Å². The lowest BCUT2D eigenvalue weighted by atomic mass is 10.2. The minimum Gasteiger partial charge on any atom is -0.351 e. The highest BCUT2D eigenvalue weighted by Gasteiger charge is 2.18. The van der Waals surface area contributed by atoms with Crippen LogP contribution in [0.25, 0.3) is 10.4 Å². The number of urea groups is 1. The Morgan fingerprint density at radius 2 is 2.08 bits per heavy atom. The maximum atomic E-state index is 12.5. The maximum absolute atomic E-state index is 12.5. The molecule has 0 bridgehead atoms. The van der Waals surface area contributed by atoms with Gasteiger partial charge in [0.1, 0.15) is 4.88 Å². The van der Waals surface area contributed by atoms with E-state index in [-0.39, 0.29) is 11.9 Å². The number of nitrogens with zero attached hydrogens (tertiary/aromatic N) is 1. The van der Waals surface area contributed by atoms with Crippen molar-refractivity contribution in [2.75, 3.05) is 39.5 Å². The number of thiophene rings is 2. The summed E-state index contributed by atoms with van der Waals surface area (Å²) in [6, 6.07) is 3.50. The SMILES string of the molecule is CNC(=O)Nc1cc(-c2ccsc2)sc1C(=O)NCCCN(C)C. The van der Waals surface area contributed by atoms with Gasteiger partial charge in [-0.1, -0.05) is 0 Å². The molecule has 2 heterocycles. The van der Waals surface area contributed by atoms with Gasteiger partial charge in [-0.2, -0.15) is 11.3 Å². The van der Waals surface area contributed by atoms with Crippen molar-refractivity contribution >= 4 is 40.3 Å². The fourth-order valence-corrected chi connectivity index (χ4v) is 3.82. The topological polar surface area (TPSA) is 73.5 Å². The molecule has 0 aliphatic carbocycles. The molecule has 0 aliphatic heterocycles. The third-order valence-electron chi connectivity index (χ3n) is 3.29. The number of rotatable bonds is 7. The standard InChI is InChI=1S/C16H22N4O2S2/c1-17-16(22)19-12-9-13(11-5-8-23-10-11)24-14(12)15(21)18-6-4-7-20(2)3/h5,8-10H,4,6-7H2,1-3H3,(H,18,21)(H2,17,19,22). The van der Waals surface area contributed by atoms with Crippen molar-refractivity contribution in [3.05, 3.63) is 27.8 Å². The van der Waals surface area contributed by atoms with Gasteiger partial charge in [-0.3, -0.25) is 4.79 Å². The number of nitrogens with one attached hydrogen (secondary N) is 3. The van der Waals surface area contributed by atoms with Gasteiger partial charge in [-0.05, 0) is 50.0 Å².